The third-order valence-electron chi connectivity index (χ3n) is 4.00. The van der Waals surface area contributed by atoms with Gasteiger partial charge in [0, 0.05) is 5.39 Å². The number of furan rings is 1. The molecule has 5 nitrogen and oxygen atoms in total. The first kappa shape index (κ1) is 20.5. The van der Waals surface area contributed by atoms with Crippen LogP contribution in [-0.2, 0) is 11.4 Å². The SMILES string of the molecule is CC=O.CCOc1ccc(OCc2ccc3cc(C(C)NC)oc3c2)cc1. The van der Waals surface area contributed by atoms with Gasteiger partial charge in [0.15, 0.2) is 0 Å². The Morgan fingerprint density at radius 3 is 2.30 bits per heavy atom. The van der Waals surface area contributed by atoms with E-state index in [2.05, 4.69) is 30.4 Å². The van der Waals surface area contributed by atoms with Crippen LogP contribution in [0.1, 0.15) is 38.1 Å². The Hall–Kier alpha value is -2.79. The second kappa shape index (κ2) is 10.4. The van der Waals surface area contributed by atoms with Crippen LogP contribution >= 0.6 is 0 Å². The zero-order valence-corrected chi connectivity index (χ0v) is 16.3. The fraction of sp³-hybridized carbons (Fsp3) is 0.318. The van der Waals surface area contributed by atoms with E-state index in [4.69, 9.17) is 18.7 Å². The first-order chi connectivity index (χ1) is 13.1. The van der Waals surface area contributed by atoms with E-state index in [1.807, 2.05) is 44.3 Å². The van der Waals surface area contributed by atoms with Crippen LogP contribution in [0, 0.1) is 0 Å². The molecule has 0 radical (unpaired) electrons. The number of carbonyl (C=O) groups is 1. The predicted octanol–water partition coefficient (Wildman–Crippen LogP) is 4.90. The normalized spacial score (nSPS) is 11.4. The van der Waals surface area contributed by atoms with Gasteiger partial charge in [-0.15, -0.1) is 0 Å². The molecule has 0 saturated heterocycles. The van der Waals surface area contributed by atoms with E-state index < -0.39 is 0 Å². The monoisotopic (exact) mass is 369 g/mol. The molecule has 2 aromatic carbocycles. The van der Waals surface area contributed by atoms with Gasteiger partial charge >= 0.3 is 0 Å². The zero-order valence-electron chi connectivity index (χ0n) is 16.3. The molecule has 0 fully saturated rings. The summed E-state index contributed by atoms with van der Waals surface area (Å²) in [7, 11) is 1.92. The van der Waals surface area contributed by atoms with Gasteiger partial charge in [-0.1, -0.05) is 12.1 Å². The molecule has 0 aliphatic heterocycles. The number of hydrogen-bond acceptors (Lipinski definition) is 5. The summed E-state index contributed by atoms with van der Waals surface area (Å²) in [4.78, 5) is 8.81. The number of hydrogen-bond donors (Lipinski definition) is 1. The van der Waals surface area contributed by atoms with Gasteiger partial charge in [0.25, 0.3) is 0 Å². The van der Waals surface area contributed by atoms with Gasteiger partial charge in [-0.05, 0) is 69.8 Å². The number of carbonyl (C=O) groups excluding carboxylic acids is 1. The molecule has 0 aliphatic rings. The molecule has 0 bridgehead atoms. The van der Waals surface area contributed by atoms with Crippen LogP contribution in [0.3, 0.4) is 0 Å². The summed E-state index contributed by atoms with van der Waals surface area (Å²) in [6.07, 6.45) is 0.750. The Kier molecular flexibility index (Phi) is 7.89. The molecular weight excluding hydrogens is 342 g/mol. The van der Waals surface area contributed by atoms with E-state index in [1.54, 1.807) is 0 Å². The lowest BCUT2D eigenvalue weighted by atomic mass is 10.1. The average molecular weight is 369 g/mol. The number of benzene rings is 2. The van der Waals surface area contributed by atoms with E-state index in [9.17, 15) is 0 Å². The van der Waals surface area contributed by atoms with Crippen molar-refractivity contribution in [2.75, 3.05) is 13.7 Å². The molecule has 0 spiro atoms. The van der Waals surface area contributed by atoms with E-state index in [0.717, 1.165) is 40.1 Å². The Labute approximate surface area is 160 Å². The molecule has 27 heavy (non-hydrogen) atoms. The fourth-order valence-corrected chi connectivity index (χ4v) is 2.51. The highest BCUT2D eigenvalue weighted by atomic mass is 16.5. The highest BCUT2D eigenvalue weighted by molar-refractivity contribution is 5.78. The van der Waals surface area contributed by atoms with Crippen LogP contribution in [0.4, 0.5) is 0 Å². The Morgan fingerprint density at radius 2 is 1.70 bits per heavy atom. The molecule has 144 valence electrons. The lowest BCUT2D eigenvalue weighted by molar-refractivity contribution is -0.106. The molecule has 1 atom stereocenters. The number of ether oxygens (including phenoxy) is 2. The number of aldehydes is 1. The van der Waals surface area contributed by atoms with E-state index >= 15 is 0 Å². The van der Waals surface area contributed by atoms with Crippen LogP contribution in [-0.4, -0.2) is 19.9 Å². The van der Waals surface area contributed by atoms with Crippen molar-refractivity contribution in [3.05, 3.63) is 59.9 Å². The Bertz CT molecular complexity index is 839. The molecule has 3 aromatic rings. The number of rotatable bonds is 7. The summed E-state index contributed by atoms with van der Waals surface area (Å²) in [6.45, 7) is 6.66. The third-order valence-corrected chi connectivity index (χ3v) is 4.00. The van der Waals surface area contributed by atoms with E-state index in [-0.39, 0.29) is 6.04 Å². The van der Waals surface area contributed by atoms with Crippen LogP contribution in [0.15, 0.2) is 52.9 Å². The first-order valence-corrected chi connectivity index (χ1v) is 9.06. The number of nitrogens with one attached hydrogen (secondary N) is 1. The average Bonchev–Trinajstić information content (AvgIpc) is 3.11. The summed E-state index contributed by atoms with van der Waals surface area (Å²) in [6, 6.07) is 16.1. The Balaban J connectivity index is 0.000000817. The van der Waals surface area contributed by atoms with Gasteiger partial charge in [0.1, 0.15) is 35.7 Å². The molecule has 1 aromatic heterocycles. The standard InChI is InChI=1S/C20H23NO3.C2H4O/c1-4-22-17-7-9-18(10-8-17)23-13-15-5-6-16-12-19(14(2)21-3)24-20(16)11-15;1-2-3/h5-12,14,21H,4,13H2,1-3H3;2H,1H3. The lowest BCUT2D eigenvalue weighted by Crippen LogP contribution is -2.10. The van der Waals surface area contributed by atoms with Crippen molar-refractivity contribution >= 4 is 17.3 Å². The van der Waals surface area contributed by atoms with Crippen molar-refractivity contribution in [3.8, 4) is 11.5 Å². The molecule has 0 aliphatic carbocycles. The Morgan fingerprint density at radius 1 is 1.07 bits per heavy atom. The van der Waals surface area contributed by atoms with Crippen LogP contribution in [0.2, 0.25) is 0 Å². The second-order valence-electron chi connectivity index (χ2n) is 5.96. The van der Waals surface area contributed by atoms with Gasteiger partial charge in [-0.2, -0.15) is 0 Å². The molecule has 0 amide bonds. The van der Waals surface area contributed by atoms with E-state index in [0.29, 0.717) is 13.2 Å². The molecule has 5 heteroatoms. The largest absolute Gasteiger partial charge is 0.494 e. The van der Waals surface area contributed by atoms with Crippen molar-refractivity contribution in [2.45, 2.75) is 33.4 Å². The maximum atomic E-state index is 8.81. The van der Waals surface area contributed by atoms with Gasteiger partial charge < -0.3 is 24.0 Å². The van der Waals surface area contributed by atoms with Crippen molar-refractivity contribution in [2.24, 2.45) is 0 Å². The highest BCUT2D eigenvalue weighted by Crippen LogP contribution is 2.25. The molecule has 1 heterocycles. The smallest absolute Gasteiger partial charge is 0.134 e. The van der Waals surface area contributed by atoms with Crippen molar-refractivity contribution < 1.29 is 18.7 Å². The van der Waals surface area contributed by atoms with Gasteiger partial charge in [-0.25, -0.2) is 0 Å². The minimum absolute atomic E-state index is 0.195. The lowest BCUT2D eigenvalue weighted by Gasteiger charge is -2.08. The first-order valence-electron chi connectivity index (χ1n) is 9.06. The van der Waals surface area contributed by atoms with Crippen molar-refractivity contribution in [1.82, 2.24) is 5.32 Å². The van der Waals surface area contributed by atoms with E-state index in [1.165, 1.54) is 6.92 Å². The van der Waals surface area contributed by atoms with Gasteiger partial charge in [0.2, 0.25) is 0 Å². The summed E-state index contributed by atoms with van der Waals surface area (Å²) >= 11 is 0. The number of fused-ring (bicyclic) bond motifs is 1. The topological polar surface area (TPSA) is 60.7 Å². The zero-order chi connectivity index (χ0) is 19.6. The fourth-order valence-electron chi connectivity index (χ4n) is 2.51. The molecule has 1 N–H and O–H groups in total. The van der Waals surface area contributed by atoms with Crippen molar-refractivity contribution in [1.29, 1.82) is 0 Å². The van der Waals surface area contributed by atoms with Crippen LogP contribution in [0.25, 0.3) is 11.0 Å². The summed E-state index contributed by atoms with van der Waals surface area (Å²) in [5.41, 5.74) is 1.97. The van der Waals surface area contributed by atoms with Gasteiger partial charge in [0.05, 0.1) is 12.6 Å². The second-order valence-corrected chi connectivity index (χ2v) is 5.96. The van der Waals surface area contributed by atoms with Crippen LogP contribution in [0.5, 0.6) is 11.5 Å². The molecular formula is C22H27NO4. The highest BCUT2D eigenvalue weighted by Gasteiger charge is 2.10. The molecule has 1 unspecified atom stereocenters. The predicted molar refractivity (Wildman–Crippen MR) is 107 cm³/mol. The summed E-state index contributed by atoms with van der Waals surface area (Å²) in [5, 5.41) is 4.30. The maximum absolute atomic E-state index is 8.81. The maximum Gasteiger partial charge on any atom is 0.134 e. The van der Waals surface area contributed by atoms with Crippen molar-refractivity contribution in [3.63, 3.8) is 0 Å². The minimum Gasteiger partial charge on any atom is -0.494 e. The quantitative estimate of drug-likeness (QED) is 0.601. The van der Waals surface area contributed by atoms with Crippen LogP contribution < -0.4 is 14.8 Å². The summed E-state index contributed by atoms with van der Waals surface area (Å²) < 4.78 is 17.2. The molecule has 0 saturated carbocycles. The molecule has 3 rings (SSSR count). The minimum atomic E-state index is 0.195. The van der Waals surface area contributed by atoms with Gasteiger partial charge in [-0.3, -0.25) is 0 Å². The summed E-state index contributed by atoms with van der Waals surface area (Å²) in [5.74, 6) is 2.62. The third kappa shape index (κ3) is 5.86.